The third-order valence-electron chi connectivity index (χ3n) is 4.03. The highest BCUT2D eigenvalue weighted by Gasteiger charge is 2.52. The van der Waals surface area contributed by atoms with Crippen LogP contribution >= 0.6 is 15.9 Å². The van der Waals surface area contributed by atoms with E-state index in [1.54, 1.807) is 0 Å². The first-order valence-corrected chi connectivity index (χ1v) is 7.35. The summed E-state index contributed by atoms with van der Waals surface area (Å²) in [5, 5.41) is 3.00. The minimum Gasteiger partial charge on any atom is -0.376 e. The fourth-order valence-corrected chi connectivity index (χ4v) is 3.44. The van der Waals surface area contributed by atoms with E-state index in [9.17, 15) is 4.79 Å². The van der Waals surface area contributed by atoms with Crippen LogP contribution in [0.1, 0.15) is 12.0 Å². The second kappa shape index (κ2) is 5.23. The zero-order chi connectivity index (χ0) is 13.4. The summed E-state index contributed by atoms with van der Waals surface area (Å²) in [5.41, 5.74) is 7.06. The minimum atomic E-state index is -0.0212. The Morgan fingerprint density at radius 1 is 1.53 bits per heavy atom. The van der Waals surface area contributed by atoms with Crippen molar-refractivity contribution < 1.29 is 9.53 Å². The van der Waals surface area contributed by atoms with E-state index >= 15 is 0 Å². The quantitative estimate of drug-likeness (QED) is 0.878. The third-order valence-corrected chi connectivity index (χ3v) is 4.52. The van der Waals surface area contributed by atoms with Crippen LogP contribution in [0.3, 0.4) is 0 Å². The van der Waals surface area contributed by atoms with Gasteiger partial charge in [0.1, 0.15) is 0 Å². The zero-order valence-electron chi connectivity index (χ0n) is 10.5. The molecule has 1 aromatic rings. The van der Waals surface area contributed by atoms with E-state index in [0.29, 0.717) is 12.3 Å². The van der Waals surface area contributed by atoms with Crippen molar-refractivity contribution >= 4 is 21.8 Å². The van der Waals surface area contributed by atoms with Crippen LogP contribution in [0.5, 0.6) is 0 Å². The molecule has 2 aliphatic rings. The summed E-state index contributed by atoms with van der Waals surface area (Å²) in [6.07, 6.45) is 1.52. The lowest BCUT2D eigenvalue weighted by Crippen LogP contribution is -2.69. The van der Waals surface area contributed by atoms with E-state index in [2.05, 4.69) is 21.2 Å². The maximum atomic E-state index is 12.0. The predicted octanol–water partition coefficient (Wildman–Crippen LogP) is 1.22. The van der Waals surface area contributed by atoms with Crippen molar-refractivity contribution in [3.05, 3.63) is 34.3 Å². The molecule has 4 atom stereocenters. The molecule has 102 valence electrons. The highest BCUT2D eigenvalue weighted by atomic mass is 79.9. The summed E-state index contributed by atoms with van der Waals surface area (Å²) < 4.78 is 6.59. The Morgan fingerprint density at radius 2 is 2.37 bits per heavy atom. The lowest BCUT2D eigenvalue weighted by molar-refractivity contribution is -0.125. The molecule has 1 aliphatic carbocycles. The van der Waals surface area contributed by atoms with Crippen LogP contribution in [0.25, 0.3) is 0 Å². The smallest absolute Gasteiger partial charge is 0.224 e. The van der Waals surface area contributed by atoms with Crippen molar-refractivity contribution in [1.82, 2.24) is 5.32 Å². The van der Waals surface area contributed by atoms with Gasteiger partial charge in [-0.3, -0.25) is 4.79 Å². The van der Waals surface area contributed by atoms with Crippen molar-refractivity contribution in [2.75, 3.05) is 6.61 Å². The van der Waals surface area contributed by atoms with E-state index in [4.69, 9.17) is 10.5 Å². The lowest BCUT2D eigenvalue weighted by Gasteiger charge is -2.45. The van der Waals surface area contributed by atoms with E-state index < -0.39 is 0 Å². The summed E-state index contributed by atoms with van der Waals surface area (Å²) in [6, 6.07) is 7.79. The van der Waals surface area contributed by atoms with Crippen LogP contribution in [0.4, 0.5) is 0 Å². The summed E-state index contributed by atoms with van der Waals surface area (Å²) in [7, 11) is 0. The summed E-state index contributed by atoms with van der Waals surface area (Å²) in [5.74, 6) is 0.434. The first-order chi connectivity index (χ1) is 9.15. The highest BCUT2D eigenvalue weighted by Crippen LogP contribution is 2.37. The molecule has 5 heteroatoms. The molecular formula is C14H17BrN2O2. The zero-order valence-corrected chi connectivity index (χ0v) is 12.1. The number of nitrogens with one attached hydrogen (secondary N) is 1. The predicted molar refractivity (Wildman–Crippen MR) is 75.6 cm³/mol. The van der Waals surface area contributed by atoms with Crippen LogP contribution in [0.2, 0.25) is 0 Å². The number of carbonyl (C=O) groups is 1. The molecule has 1 amide bonds. The number of hydrogen-bond acceptors (Lipinski definition) is 3. The van der Waals surface area contributed by atoms with Crippen molar-refractivity contribution in [2.45, 2.75) is 31.0 Å². The van der Waals surface area contributed by atoms with Gasteiger partial charge in [-0.15, -0.1) is 0 Å². The molecule has 0 aromatic heterocycles. The van der Waals surface area contributed by atoms with Gasteiger partial charge in [-0.25, -0.2) is 0 Å². The number of fused-ring (bicyclic) bond motifs is 1. The fourth-order valence-electron chi connectivity index (χ4n) is 3.00. The first-order valence-electron chi connectivity index (χ1n) is 6.56. The van der Waals surface area contributed by atoms with Crippen LogP contribution in [-0.4, -0.2) is 30.7 Å². The second-order valence-corrected chi connectivity index (χ2v) is 6.18. The van der Waals surface area contributed by atoms with Gasteiger partial charge in [0.2, 0.25) is 5.91 Å². The Labute approximate surface area is 120 Å². The number of benzene rings is 1. The molecular weight excluding hydrogens is 308 g/mol. The summed E-state index contributed by atoms with van der Waals surface area (Å²) in [4.78, 5) is 12.0. The molecule has 19 heavy (non-hydrogen) atoms. The Balaban J connectivity index is 1.57. The number of hydrogen-bond donors (Lipinski definition) is 2. The van der Waals surface area contributed by atoms with Crippen LogP contribution in [0, 0.1) is 5.92 Å². The van der Waals surface area contributed by atoms with E-state index in [-0.39, 0.29) is 24.1 Å². The van der Waals surface area contributed by atoms with Crippen LogP contribution in [0.15, 0.2) is 28.7 Å². The lowest BCUT2D eigenvalue weighted by atomic mass is 9.72. The van der Waals surface area contributed by atoms with Crippen LogP contribution < -0.4 is 11.1 Å². The monoisotopic (exact) mass is 324 g/mol. The van der Waals surface area contributed by atoms with Gasteiger partial charge in [-0.1, -0.05) is 28.1 Å². The van der Waals surface area contributed by atoms with Gasteiger partial charge in [0.05, 0.1) is 18.6 Å². The third kappa shape index (κ3) is 2.55. The topological polar surface area (TPSA) is 64.3 Å². The minimum absolute atomic E-state index is 0.00694. The molecule has 1 aliphatic heterocycles. The molecule has 2 fully saturated rings. The molecule has 3 N–H and O–H groups in total. The SMILES string of the molecule is NC1C2CCOC2C1NC(=O)Cc1cccc(Br)c1. The van der Waals surface area contributed by atoms with Gasteiger partial charge in [0.15, 0.2) is 0 Å². The number of ether oxygens (including phenoxy) is 1. The second-order valence-electron chi connectivity index (χ2n) is 5.27. The number of nitrogens with two attached hydrogens (primary N) is 1. The standard InChI is InChI=1S/C14H17BrN2O2/c15-9-3-1-2-8(6-9)7-11(18)17-13-12(16)10-4-5-19-14(10)13/h1-3,6,10,12-14H,4-5,7,16H2,(H,17,18). The summed E-state index contributed by atoms with van der Waals surface area (Å²) >= 11 is 3.40. The molecule has 1 saturated heterocycles. The fraction of sp³-hybridized carbons (Fsp3) is 0.500. The molecule has 4 nitrogen and oxygen atoms in total. The maximum Gasteiger partial charge on any atom is 0.224 e. The van der Waals surface area contributed by atoms with Crippen molar-refractivity contribution in [3.8, 4) is 0 Å². The highest BCUT2D eigenvalue weighted by molar-refractivity contribution is 9.10. The molecule has 0 radical (unpaired) electrons. The van der Waals surface area contributed by atoms with E-state index in [1.165, 1.54) is 0 Å². The van der Waals surface area contributed by atoms with Gasteiger partial charge in [-0.05, 0) is 24.1 Å². The average Bonchev–Trinajstić information content (AvgIpc) is 2.80. The van der Waals surface area contributed by atoms with Gasteiger partial charge in [0, 0.05) is 23.0 Å². The molecule has 1 aromatic carbocycles. The van der Waals surface area contributed by atoms with Crippen molar-refractivity contribution in [3.63, 3.8) is 0 Å². The molecule has 0 bridgehead atoms. The molecule has 1 heterocycles. The Bertz CT molecular complexity index is 494. The Morgan fingerprint density at radius 3 is 3.16 bits per heavy atom. The Kier molecular flexibility index (Phi) is 3.60. The largest absolute Gasteiger partial charge is 0.376 e. The first kappa shape index (κ1) is 13.1. The molecule has 1 saturated carbocycles. The number of halogens is 1. The van der Waals surface area contributed by atoms with Crippen molar-refractivity contribution in [1.29, 1.82) is 0 Å². The van der Waals surface area contributed by atoms with Gasteiger partial charge >= 0.3 is 0 Å². The number of carbonyl (C=O) groups excluding carboxylic acids is 1. The average molecular weight is 325 g/mol. The molecule has 3 rings (SSSR count). The van der Waals surface area contributed by atoms with Crippen LogP contribution in [-0.2, 0) is 16.0 Å². The Hall–Kier alpha value is -0.910. The van der Waals surface area contributed by atoms with E-state index in [1.807, 2.05) is 24.3 Å². The maximum absolute atomic E-state index is 12.0. The van der Waals surface area contributed by atoms with E-state index in [0.717, 1.165) is 23.1 Å². The van der Waals surface area contributed by atoms with Crippen molar-refractivity contribution in [2.24, 2.45) is 11.7 Å². The van der Waals surface area contributed by atoms with Gasteiger partial charge < -0.3 is 15.8 Å². The molecule has 0 spiro atoms. The van der Waals surface area contributed by atoms with Gasteiger partial charge in [-0.2, -0.15) is 0 Å². The number of amides is 1. The normalized spacial score (nSPS) is 32.5. The summed E-state index contributed by atoms with van der Waals surface area (Å²) in [6.45, 7) is 0.765. The number of rotatable bonds is 3. The van der Waals surface area contributed by atoms with Gasteiger partial charge in [0.25, 0.3) is 0 Å². The molecule has 4 unspecified atom stereocenters.